The topological polar surface area (TPSA) is 159 Å². The molecule has 28 heavy (non-hydrogen) atoms. The van der Waals surface area contributed by atoms with E-state index in [1.54, 1.807) is 0 Å². The first kappa shape index (κ1) is 21.8. The SMILES string of the molecule is Cl.O=C(NCCNS(=O)(=O)c1ccccc1[N+](=O)[O-])c1n[nH]c2c1CNCC2. The van der Waals surface area contributed by atoms with Crippen LogP contribution in [-0.2, 0) is 23.0 Å². The molecule has 1 amide bonds. The summed E-state index contributed by atoms with van der Waals surface area (Å²) in [4.78, 5) is 22.0. The number of amides is 1. The molecule has 0 aliphatic carbocycles. The molecule has 2 heterocycles. The van der Waals surface area contributed by atoms with Gasteiger partial charge in [-0.1, -0.05) is 12.1 Å². The van der Waals surface area contributed by atoms with Gasteiger partial charge in [0.1, 0.15) is 0 Å². The van der Waals surface area contributed by atoms with Gasteiger partial charge < -0.3 is 10.6 Å². The monoisotopic (exact) mass is 430 g/mol. The minimum absolute atomic E-state index is 0. The Morgan fingerprint density at radius 3 is 2.79 bits per heavy atom. The number of halogens is 1. The third kappa shape index (κ3) is 4.65. The van der Waals surface area contributed by atoms with Gasteiger partial charge >= 0.3 is 0 Å². The van der Waals surface area contributed by atoms with Gasteiger partial charge in [0.2, 0.25) is 10.0 Å². The van der Waals surface area contributed by atoms with Crippen LogP contribution in [0.25, 0.3) is 0 Å². The van der Waals surface area contributed by atoms with E-state index in [9.17, 15) is 23.3 Å². The Kier molecular flexibility index (Phi) is 7.07. The molecule has 0 saturated carbocycles. The summed E-state index contributed by atoms with van der Waals surface area (Å²) in [6.45, 7) is 1.24. The van der Waals surface area contributed by atoms with Gasteiger partial charge in [-0.3, -0.25) is 20.0 Å². The molecule has 11 nitrogen and oxygen atoms in total. The number of aromatic nitrogens is 2. The number of fused-ring (bicyclic) bond motifs is 1. The van der Waals surface area contributed by atoms with E-state index in [1.165, 1.54) is 12.1 Å². The maximum Gasteiger partial charge on any atom is 0.289 e. The molecule has 1 aliphatic rings. The van der Waals surface area contributed by atoms with Crippen LogP contribution in [0.4, 0.5) is 5.69 Å². The molecule has 2 aromatic rings. The van der Waals surface area contributed by atoms with Crippen LogP contribution in [0.5, 0.6) is 0 Å². The highest BCUT2D eigenvalue weighted by atomic mass is 35.5. The number of rotatable bonds is 7. The Bertz CT molecular complexity index is 977. The largest absolute Gasteiger partial charge is 0.349 e. The average molecular weight is 431 g/mol. The van der Waals surface area contributed by atoms with Crippen LogP contribution < -0.4 is 15.4 Å². The third-order valence-electron chi connectivity index (χ3n) is 4.08. The summed E-state index contributed by atoms with van der Waals surface area (Å²) in [7, 11) is -4.08. The highest BCUT2D eigenvalue weighted by molar-refractivity contribution is 7.89. The zero-order valence-corrected chi connectivity index (χ0v) is 16.2. The van der Waals surface area contributed by atoms with Gasteiger partial charge in [0.15, 0.2) is 10.6 Å². The molecule has 0 unspecified atom stereocenters. The van der Waals surface area contributed by atoms with Crippen molar-refractivity contribution in [2.75, 3.05) is 19.6 Å². The van der Waals surface area contributed by atoms with Crippen molar-refractivity contribution in [3.8, 4) is 0 Å². The van der Waals surface area contributed by atoms with E-state index < -0.39 is 31.4 Å². The molecule has 0 fully saturated rings. The smallest absolute Gasteiger partial charge is 0.289 e. The minimum atomic E-state index is -4.08. The van der Waals surface area contributed by atoms with Crippen molar-refractivity contribution < 1.29 is 18.1 Å². The van der Waals surface area contributed by atoms with Gasteiger partial charge in [-0.25, -0.2) is 13.1 Å². The van der Waals surface area contributed by atoms with Crippen molar-refractivity contribution in [1.82, 2.24) is 25.6 Å². The predicted octanol–water partition coefficient (Wildman–Crippen LogP) is 0.0937. The number of carbonyl (C=O) groups is 1. The van der Waals surface area contributed by atoms with Crippen LogP contribution in [0.1, 0.15) is 21.7 Å². The maximum absolute atomic E-state index is 12.3. The second-order valence-electron chi connectivity index (χ2n) is 5.83. The highest BCUT2D eigenvalue weighted by Gasteiger charge is 2.25. The van der Waals surface area contributed by atoms with Crippen molar-refractivity contribution in [2.45, 2.75) is 17.9 Å². The standard InChI is InChI=1S/C15H18N6O5S.ClH/c22-15(14-10-9-16-6-5-11(10)19-20-14)17-7-8-18-27(25,26)13-4-2-1-3-12(13)21(23)24;/h1-4,16,18H,5-9H2,(H,17,22)(H,19,20);1H. The van der Waals surface area contributed by atoms with E-state index in [0.717, 1.165) is 36.4 Å². The molecule has 1 aliphatic heterocycles. The van der Waals surface area contributed by atoms with Gasteiger partial charge in [0, 0.05) is 49.9 Å². The maximum atomic E-state index is 12.3. The summed E-state index contributed by atoms with van der Waals surface area (Å²) in [5.74, 6) is -0.416. The van der Waals surface area contributed by atoms with Crippen LogP contribution >= 0.6 is 12.4 Å². The lowest BCUT2D eigenvalue weighted by Crippen LogP contribution is -2.35. The Labute approximate surface area is 166 Å². The molecule has 13 heteroatoms. The van der Waals surface area contributed by atoms with Gasteiger partial charge in [0.05, 0.1) is 4.92 Å². The summed E-state index contributed by atoms with van der Waals surface area (Å²) >= 11 is 0. The molecule has 0 saturated heterocycles. The predicted molar refractivity (Wildman–Crippen MR) is 102 cm³/mol. The second-order valence-corrected chi connectivity index (χ2v) is 7.57. The second kappa shape index (κ2) is 9.10. The normalized spacial score (nSPS) is 13.3. The minimum Gasteiger partial charge on any atom is -0.349 e. The summed E-state index contributed by atoms with van der Waals surface area (Å²) in [5.41, 5.74) is 1.48. The van der Waals surface area contributed by atoms with Crippen LogP contribution in [-0.4, -0.2) is 49.1 Å². The number of nitro groups is 1. The molecular weight excluding hydrogens is 412 g/mol. The van der Waals surface area contributed by atoms with Crippen molar-refractivity contribution in [1.29, 1.82) is 0 Å². The molecule has 0 atom stereocenters. The summed E-state index contributed by atoms with van der Waals surface area (Å²) in [5, 5.41) is 23.6. The summed E-state index contributed by atoms with van der Waals surface area (Å²) in [6, 6.07) is 5.06. The number of para-hydroxylation sites is 1. The van der Waals surface area contributed by atoms with Crippen LogP contribution in [0.15, 0.2) is 29.2 Å². The first-order valence-electron chi connectivity index (χ1n) is 8.18. The lowest BCUT2D eigenvalue weighted by Gasteiger charge is -2.13. The zero-order valence-electron chi connectivity index (χ0n) is 14.6. The van der Waals surface area contributed by atoms with Crippen molar-refractivity contribution in [3.63, 3.8) is 0 Å². The van der Waals surface area contributed by atoms with Crippen molar-refractivity contribution in [2.24, 2.45) is 0 Å². The number of hydrogen-bond donors (Lipinski definition) is 4. The van der Waals surface area contributed by atoms with Gasteiger partial charge in [-0.05, 0) is 6.07 Å². The van der Waals surface area contributed by atoms with Crippen LogP contribution in [0.2, 0.25) is 0 Å². The number of benzene rings is 1. The molecule has 0 bridgehead atoms. The Hall–Kier alpha value is -2.54. The van der Waals surface area contributed by atoms with Gasteiger partial charge in [-0.15, -0.1) is 12.4 Å². The van der Waals surface area contributed by atoms with E-state index in [-0.39, 0.29) is 31.2 Å². The summed E-state index contributed by atoms with van der Waals surface area (Å²) < 4.78 is 26.8. The lowest BCUT2D eigenvalue weighted by molar-refractivity contribution is -0.387. The molecular formula is C15H19ClN6O5S. The fraction of sp³-hybridized carbons (Fsp3) is 0.333. The number of sulfonamides is 1. The molecule has 3 rings (SSSR count). The van der Waals surface area contributed by atoms with E-state index in [4.69, 9.17) is 0 Å². The van der Waals surface area contributed by atoms with Crippen LogP contribution in [0, 0.1) is 10.1 Å². The quantitative estimate of drug-likeness (QED) is 0.275. The average Bonchev–Trinajstić information content (AvgIpc) is 3.09. The fourth-order valence-electron chi connectivity index (χ4n) is 2.77. The van der Waals surface area contributed by atoms with E-state index >= 15 is 0 Å². The Balaban J connectivity index is 0.00000280. The third-order valence-corrected chi connectivity index (χ3v) is 5.58. The zero-order chi connectivity index (χ0) is 19.4. The van der Waals surface area contributed by atoms with E-state index in [0.29, 0.717) is 6.54 Å². The first-order chi connectivity index (χ1) is 12.9. The molecule has 0 spiro atoms. The lowest BCUT2D eigenvalue weighted by atomic mass is 10.1. The number of hydrogen-bond acceptors (Lipinski definition) is 7. The fourth-order valence-corrected chi connectivity index (χ4v) is 3.97. The number of aromatic amines is 1. The highest BCUT2D eigenvalue weighted by Crippen LogP contribution is 2.22. The molecule has 1 aromatic heterocycles. The van der Waals surface area contributed by atoms with E-state index in [1.807, 2.05) is 0 Å². The molecule has 4 N–H and O–H groups in total. The Morgan fingerprint density at radius 1 is 1.29 bits per heavy atom. The number of nitrogens with zero attached hydrogens (tertiary/aromatic N) is 2. The van der Waals surface area contributed by atoms with Crippen LogP contribution in [0.3, 0.4) is 0 Å². The van der Waals surface area contributed by atoms with Crippen molar-refractivity contribution >= 4 is 34.0 Å². The molecule has 0 radical (unpaired) electrons. The number of nitrogens with one attached hydrogen (secondary N) is 4. The van der Waals surface area contributed by atoms with Gasteiger partial charge in [0.25, 0.3) is 11.6 Å². The summed E-state index contributed by atoms with van der Waals surface area (Å²) in [6.07, 6.45) is 0.755. The first-order valence-corrected chi connectivity index (χ1v) is 9.66. The molecule has 1 aromatic carbocycles. The van der Waals surface area contributed by atoms with Gasteiger partial charge in [-0.2, -0.15) is 5.10 Å². The molecule has 152 valence electrons. The van der Waals surface area contributed by atoms with E-state index in [2.05, 4.69) is 25.6 Å². The number of nitro benzene ring substituents is 1. The van der Waals surface area contributed by atoms with Crippen molar-refractivity contribution in [3.05, 3.63) is 51.3 Å². The Morgan fingerprint density at radius 2 is 2.04 bits per heavy atom. The number of carbonyl (C=O) groups excluding carboxylic acids is 1. The number of H-pyrrole nitrogens is 1.